The van der Waals surface area contributed by atoms with Crippen LogP contribution in [-0.2, 0) is 16.2 Å². The van der Waals surface area contributed by atoms with Crippen molar-refractivity contribution in [2.24, 2.45) is 17.6 Å². The molecule has 0 aliphatic carbocycles. The first-order valence-electron chi connectivity index (χ1n) is 11.7. The highest BCUT2D eigenvalue weighted by Gasteiger charge is 2.37. The summed E-state index contributed by atoms with van der Waals surface area (Å²) in [4.78, 5) is 0. The average Bonchev–Trinajstić information content (AvgIpc) is 2.80. The fourth-order valence-electron chi connectivity index (χ4n) is 4.64. The van der Waals surface area contributed by atoms with Gasteiger partial charge in [-0.2, -0.15) is 13.2 Å². The molecule has 0 amide bonds. The molecule has 34 heavy (non-hydrogen) atoms. The minimum Gasteiger partial charge on any atom is -0.378 e. The molecule has 9 heteroatoms. The number of hydrogen-bond acceptors (Lipinski definition) is 4. The Morgan fingerprint density at radius 3 is 2.50 bits per heavy atom. The number of alkyl halides is 3. The summed E-state index contributed by atoms with van der Waals surface area (Å²) in [6, 6.07) is 13.8. The van der Waals surface area contributed by atoms with E-state index < -0.39 is 21.8 Å². The van der Waals surface area contributed by atoms with E-state index in [1.54, 1.807) is 0 Å². The summed E-state index contributed by atoms with van der Waals surface area (Å²) in [5.41, 5.74) is 7.24. The van der Waals surface area contributed by atoms with Gasteiger partial charge in [0.2, 0.25) is 10.0 Å². The molecular formula is C25H34F3N3O2S. The van der Waals surface area contributed by atoms with Crippen molar-refractivity contribution >= 4 is 15.7 Å². The van der Waals surface area contributed by atoms with E-state index in [9.17, 15) is 21.6 Å². The maximum Gasteiger partial charge on any atom is 0.416 e. The molecule has 0 spiro atoms. The van der Waals surface area contributed by atoms with Gasteiger partial charge in [0.1, 0.15) is 0 Å². The van der Waals surface area contributed by atoms with Gasteiger partial charge in [-0.05, 0) is 72.9 Å². The predicted molar refractivity (Wildman–Crippen MR) is 130 cm³/mol. The number of hydrogen-bond donors (Lipinski definition) is 3. The molecule has 0 aromatic heterocycles. The van der Waals surface area contributed by atoms with E-state index in [1.165, 1.54) is 12.1 Å². The Kier molecular flexibility index (Phi) is 8.65. The van der Waals surface area contributed by atoms with Crippen molar-refractivity contribution < 1.29 is 21.6 Å². The van der Waals surface area contributed by atoms with Gasteiger partial charge in [0.05, 0.1) is 17.4 Å². The van der Waals surface area contributed by atoms with Crippen molar-refractivity contribution in [3.8, 4) is 0 Å². The summed E-state index contributed by atoms with van der Waals surface area (Å²) in [6.45, 7) is 4.62. The minimum absolute atomic E-state index is 0.00814. The molecule has 2 aromatic carbocycles. The summed E-state index contributed by atoms with van der Waals surface area (Å²) in [7, 11) is -3.35. The fourth-order valence-corrected chi connectivity index (χ4v) is 5.87. The highest BCUT2D eigenvalue weighted by molar-refractivity contribution is 7.89. The van der Waals surface area contributed by atoms with Gasteiger partial charge < -0.3 is 11.1 Å². The highest BCUT2D eigenvalue weighted by Crippen LogP contribution is 2.48. The van der Waals surface area contributed by atoms with Gasteiger partial charge in [0.25, 0.3) is 0 Å². The van der Waals surface area contributed by atoms with Gasteiger partial charge in [-0.3, -0.25) is 0 Å². The lowest BCUT2D eigenvalue weighted by Gasteiger charge is -2.40. The topological polar surface area (TPSA) is 84.2 Å². The Morgan fingerprint density at radius 1 is 1.15 bits per heavy atom. The molecule has 2 aromatic rings. The first-order valence-corrected chi connectivity index (χ1v) is 13.4. The zero-order chi connectivity index (χ0) is 24.9. The summed E-state index contributed by atoms with van der Waals surface area (Å²) in [5, 5.41) is 3.48. The third-order valence-electron chi connectivity index (χ3n) is 6.67. The minimum atomic E-state index is -4.39. The van der Waals surface area contributed by atoms with E-state index in [0.29, 0.717) is 25.1 Å². The third kappa shape index (κ3) is 6.73. The number of nitrogens with one attached hydrogen (secondary N) is 2. The lowest BCUT2D eigenvalue weighted by Crippen LogP contribution is -2.33. The molecule has 188 valence electrons. The molecular weight excluding hydrogens is 463 g/mol. The predicted octanol–water partition coefficient (Wildman–Crippen LogP) is 5.28. The van der Waals surface area contributed by atoms with Crippen LogP contribution in [0.5, 0.6) is 0 Å². The zero-order valence-corrected chi connectivity index (χ0v) is 20.4. The molecule has 1 aliphatic heterocycles. The van der Waals surface area contributed by atoms with Crippen molar-refractivity contribution in [2.45, 2.75) is 51.2 Å². The largest absolute Gasteiger partial charge is 0.416 e. The van der Waals surface area contributed by atoms with Crippen LogP contribution in [0.15, 0.2) is 48.5 Å². The maximum absolute atomic E-state index is 13.4. The van der Waals surface area contributed by atoms with Crippen LogP contribution in [0.2, 0.25) is 0 Å². The Hall–Kier alpha value is -2.10. The van der Waals surface area contributed by atoms with Crippen molar-refractivity contribution in [1.82, 2.24) is 4.72 Å². The molecule has 0 unspecified atom stereocenters. The van der Waals surface area contributed by atoms with E-state index in [2.05, 4.69) is 10.0 Å². The van der Waals surface area contributed by atoms with Crippen LogP contribution in [0.4, 0.5) is 18.9 Å². The van der Waals surface area contributed by atoms with Crippen LogP contribution in [0.1, 0.15) is 61.8 Å². The summed E-state index contributed by atoms with van der Waals surface area (Å²) < 4.78 is 66.9. The molecule has 1 aliphatic rings. The molecule has 0 fully saturated rings. The third-order valence-corrected chi connectivity index (χ3v) is 8.10. The van der Waals surface area contributed by atoms with Crippen LogP contribution >= 0.6 is 0 Å². The van der Waals surface area contributed by atoms with Gasteiger partial charge in [0, 0.05) is 12.2 Å². The van der Waals surface area contributed by atoms with Crippen molar-refractivity contribution in [3.63, 3.8) is 0 Å². The molecule has 5 nitrogen and oxygen atoms in total. The molecule has 4 N–H and O–H groups in total. The van der Waals surface area contributed by atoms with Crippen LogP contribution in [0.25, 0.3) is 0 Å². The van der Waals surface area contributed by atoms with Crippen molar-refractivity contribution in [3.05, 3.63) is 65.2 Å². The summed E-state index contributed by atoms with van der Waals surface area (Å²) >= 11 is 0. The van der Waals surface area contributed by atoms with Crippen LogP contribution in [-0.4, -0.2) is 27.3 Å². The van der Waals surface area contributed by atoms with Crippen molar-refractivity contribution in [2.75, 3.05) is 24.2 Å². The SMILES string of the molecule is C[C@H](CC[C@@H]1[C@H](C)c2cc(C(F)(F)F)ccc2N[C@H]1c1ccccc1)CNS(=O)(=O)CCCN. The van der Waals surface area contributed by atoms with Crippen LogP contribution < -0.4 is 15.8 Å². The van der Waals surface area contributed by atoms with Gasteiger partial charge in [0.15, 0.2) is 0 Å². The standard InChI is InChI=1S/C25H34F3N3O2S/c1-17(16-30-34(32,33)14-6-13-29)9-11-21-18(2)22-15-20(25(26,27)28)10-12-23(22)31-24(21)19-7-4-3-5-8-19/h3-5,7-8,10,12,15,17-18,21,24,30-31H,6,9,11,13-14,16,29H2,1-2H3/t17-,18+,21-,24+/m1/s1. The van der Waals surface area contributed by atoms with Gasteiger partial charge in [-0.1, -0.05) is 44.2 Å². The van der Waals surface area contributed by atoms with E-state index in [1.807, 2.05) is 44.2 Å². The Balaban J connectivity index is 1.77. The highest BCUT2D eigenvalue weighted by atomic mass is 32.2. The monoisotopic (exact) mass is 497 g/mol. The maximum atomic E-state index is 13.4. The lowest BCUT2D eigenvalue weighted by molar-refractivity contribution is -0.137. The Labute approximate surface area is 200 Å². The van der Waals surface area contributed by atoms with Gasteiger partial charge >= 0.3 is 6.18 Å². The average molecular weight is 498 g/mol. The van der Waals surface area contributed by atoms with Gasteiger partial charge in [-0.15, -0.1) is 0 Å². The van der Waals surface area contributed by atoms with Crippen molar-refractivity contribution in [1.29, 1.82) is 0 Å². The van der Waals surface area contributed by atoms with Crippen LogP contribution in [0.3, 0.4) is 0 Å². The first-order chi connectivity index (χ1) is 16.0. The lowest BCUT2D eigenvalue weighted by atomic mass is 9.73. The molecule has 4 atom stereocenters. The number of fused-ring (bicyclic) bond motifs is 1. The Morgan fingerprint density at radius 2 is 1.85 bits per heavy atom. The fraction of sp³-hybridized carbons (Fsp3) is 0.520. The van der Waals surface area contributed by atoms with Gasteiger partial charge in [-0.25, -0.2) is 13.1 Å². The molecule has 0 bridgehead atoms. The zero-order valence-electron chi connectivity index (χ0n) is 19.6. The Bertz CT molecular complexity index is 1050. The normalized spacial score (nSPS) is 21.5. The quantitative estimate of drug-likeness (QED) is 0.417. The molecule has 0 radical (unpaired) electrons. The number of benzene rings is 2. The summed E-state index contributed by atoms with van der Waals surface area (Å²) in [6.07, 6.45) is -2.49. The van der Waals surface area contributed by atoms with E-state index in [-0.39, 0.29) is 29.5 Å². The number of anilines is 1. The molecule has 0 saturated heterocycles. The van der Waals surface area contributed by atoms with Crippen LogP contribution in [0, 0.1) is 11.8 Å². The van der Waals surface area contributed by atoms with E-state index in [4.69, 9.17) is 5.73 Å². The van der Waals surface area contributed by atoms with E-state index in [0.717, 1.165) is 30.2 Å². The second-order valence-electron chi connectivity index (χ2n) is 9.28. The van der Waals surface area contributed by atoms with E-state index >= 15 is 0 Å². The number of halogens is 3. The molecule has 3 rings (SSSR count). The molecule has 1 heterocycles. The number of rotatable bonds is 10. The smallest absolute Gasteiger partial charge is 0.378 e. The second-order valence-corrected chi connectivity index (χ2v) is 11.2. The number of nitrogens with two attached hydrogens (primary N) is 1. The first kappa shape index (κ1) is 26.5. The second kappa shape index (κ2) is 11.1. The number of sulfonamides is 1. The molecule has 0 saturated carbocycles. The summed E-state index contributed by atoms with van der Waals surface area (Å²) in [5.74, 6) is 0.0415.